The van der Waals surface area contributed by atoms with Crippen LogP contribution in [0.25, 0.3) is 0 Å². The van der Waals surface area contributed by atoms with Crippen LogP contribution >= 0.6 is 11.3 Å². The van der Waals surface area contributed by atoms with Gasteiger partial charge in [0.15, 0.2) is 0 Å². The van der Waals surface area contributed by atoms with Crippen molar-refractivity contribution in [2.75, 3.05) is 13.6 Å². The molecule has 0 spiro atoms. The predicted octanol–water partition coefficient (Wildman–Crippen LogP) is 4.97. The Morgan fingerprint density at radius 1 is 1.08 bits per heavy atom. The van der Waals surface area contributed by atoms with E-state index in [9.17, 15) is 4.79 Å². The summed E-state index contributed by atoms with van der Waals surface area (Å²) in [6.07, 6.45) is 14.4. The number of amides is 1. The molecule has 0 aromatic carbocycles. The highest BCUT2D eigenvalue weighted by molar-refractivity contribution is 7.09. The number of thiophene rings is 1. The quantitative estimate of drug-likeness (QED) is 0.813. The zero-order valence-corrected chi connectivity index (χ0v) is 16.1. The van der Waals surface area contributed by atoms with Gasteiger partial charge in [0.1, 0.15) is 0 Å². The van der Waals surface area contributed by atoms with E-state index in [2.05, 4.69) is 27.7 Å². The standard InChI is InChI=1S/C20H34N2OS/c1-22(16-19-14-11-15-24-19)17-20(23)21-18-12-9-7-5-3-2-4-6-8-10-13-18/h11,14-15,18H,2-10,12-13,16-17H2,1H3,(H,21,23). The Labute approximate surface area is 151 Å². The molecule has 0 saturated heterocycles. The van der Waals surface area contributed by atoms with Crippen molar-refractivity contribution in [2.45, 2.75) is 83.2 Å². The highest BCUT2D eigenvalue weighted by Gasteiger charge is 2.14. The maximum absolute atomic E-state index is 12.4. The largest absolute Gasteiger partial charge is 0.352 e. The molecule has 1 aliphatic rings. The zero-order valence-electron chi connectivity index (χ0n) is 15.3. The minimum atomic E-state index is 0.186. The van der Waals surface area contributed by atoms with Gasteiger partial charge in [-0.25, -0.2) is 0 Å². The number of nitrogens with one attached hydrogen (secondary N) is 1. The number of hydrogen-bond acceptors (Lipinski definition) is 3. The van der Waals surface area contributed by atoms with E-state index in [0.29, 0.717) is 12.6 Å². The van der Waals surface area contributed by atoms with Crippen LogP contribution in [0.4, 0.5) is 0 Å². The van der Waals surface area contributed by atoms with Crippen LogP contribution in [0.5, 0.6) is 0 Å². The number of nitrogens with zero attached hydrogens (tertiary/aromatic N) is 1. The molecule has 1 aromatic heterocycles. The minimum Gasteiger partial charge on any atom is -0.352 e. The van der Waals surface area contributed by atoms with Crippen LogP contribution in [0.3, 0.4) is 0 Å². The molecule has 2 rings (SSSR count). The van der Waals surface area contributed by atoms with E-state index in [1.54, 1.807) is 11.3 Å². The van der Waals surface area contributed by atoms with Gasteiger partial charge in [-0.15, -0.1) is 11.3 Å². The first-order valence-electron chi connectivity index (χ1n) is 9.74. The highest BCUT2D eigenvalue weighted by atomic mass is 32.1. The lowest BCUT2D eigenvalue weighted by Gasteiger charge is -2.22. The van der Waals surface area contributed by atoms with Crippen LogP contribution in [0.1, 0.15) is 75.5 Å². The van der Waals surface area contributed by atoms with Gasteiger partial charge in [-0.2, -0.15) is 0 Å². The Bertz CT molecular complexity index is 435. The fourth-order valence-electron chi connectivity index (χ4n) is 3.55. The summed E-state index contributed by atoms with van der Waals surface area (Å²) in [6.45, 7) is 1.35. The minimum absolute atomic E-state index is 0.186. The first-order valence-corrected chi connectivity index (χ1v) is 10.6. The molecule has 1 fully saturated rings. The summed E-state index contributed by atoms with van der Waals surface area (Å²) >= 11 is 1.75. The van der Waals surface area contributed by atoms with Gasteiger partial charge >= 0.3 is 0 Å². The molecule has 1 aromatic rings. The second-order valence-electron chi connectivity index (χ2n) is 7.28. The Morgan fingerprint density at radius 3 is 2.21 bits per heavy atom. The second kappa shape index (κ2) is 11.6. The Morgan fingerprint density at radius 2 is 1.67 bits per heavy atom. The van der Waals surface area contributed by atoms with E-state index in [1.165, 1.54) is 62.7 Å². The normalized spacial score (nSPS) is 18.8. The second-order valence-corrected chi connectivity index (χ2v) is 8.31. The first-order chi connectivity index (χ1) is 11.7. The number of rotatable bonds is 5. The van der Waals surface area contributed by atoms with Crippen molar-refractivity contribution in [3.8, 4) is 0 Å². The molecule has 24 heavy (non-hydrogen) atoms. The third-order valence-electron chi connectivity index (χ3n) is 4.89. The van der Waals surface area contributed by atoms with Gasteiger partial charge in [-0.3, -0.25) is 9.69 Å². The Kier molecular flexibility index (Phi) is 9.44. The maximum atomic E-state index is 12.4. The fraction of sp³-hybridized carbons (Fsp3) is 0.750. The van der Waals surface area contributed by atoms with Crippen molar-refractivity contribution >= 4 is 17.2 Å². The van der Waals surface area contributed by atoms with Crippen LogP contribution < -0.4 is 5.32 Å². The molecule has 1 aliphatic carbocycles. The first kappa shape index (κ1) is 19.5. The van der Waals surface area contributed by atoms with Crippen molar-refractivity contribution in [1.82, 2.24) is 10.2 Å². The molecule has 1 heterocycles. The zero-order chi connectivity index (χ0) is 17.0. The summed E-state index contributed by atoms with van der Waals surface area (Å²) < 4.78 is 0. The van der Waals surface area contributed by atoms with E-state index in [-0.39, 0.29) is 5.91 Å². The number of carbonyl (C=O) groups excluding carboxylic acids is 1. The third-order valence-corrected chi connectivity index (χ3v) is 5.75. The highest BCUT2D eigenvalue weighted by Crippen LogP contribution is 2.17. The van der Waals surface area contributed by atoms with E-state index in [0.717, 1.165) is 19.4 Å². The van der Waals surface area contributed by atoms with Gasteiger partial charge in [0.25, 0.3) is 0 Å². The molecule has 1 N–H and O–H groups in total. The van der Waals surface area contributed by atoms with Gasteiger partial charge in [-0.1, -0.05) is 63.9 Å². The van der Waals surface area contributed by atoms with Crippen LogP contribution in [0.2, 0.25) is 0 Å². The molecule has 0 atom stereocenters. The van der Waals surface area contributed by atoms with Crippen LogP contribution in [-0.4, -0.2) is 30.4 Å². The summed E-state index contributed by atoms with van der Waals surface area (Å²) in [7, 11) is 2.03. The molecule has 4 heteroatoms. The topological polar surface area (TPSA) is 32.3 Å². The fourth-order valence-corrected chi connectivity index (χ4v) is 4.33. The van der Waals surface area contributed by atoms with Crippen LogP contribution in [0.15, 0.2) is 17.5 Å². The van der Waals surface area contributed by atoms with E-state index < -0.39 is 0 Å². The third kappa shape index (κ3) is 8.29. The molecular formula is C20H34N2OS. The van der Waals surface area contributed by atoms with Gasteiger partial charge in [0.05, 0.1) is 6.54 Å². The molecule has 136 valence electrons. The molecule has 0 aliphatic heterocycles. The van der Waals surface area contributed by atoms with Crippen molar-refractivity contribution < 1.29 is 4.79 Å². The summed E-state index contributed by atoms with van der Waals surface area (Å²) in [5, 5.41) is 5.40. The average Bonchev–Trinajstić information content (AvgIpc) is 3.02. The summed E-state index contributed by atoms with van der Waals surface area (Å²) in [5.74, 6) is 0.186. The molecule has 0 bridgehead atoms. The van der Waals surface area contributed by atoms with Gasteiger partial charge < -0.3 is 5.32 Å². The number of hydrogen-bond donors (Lipinski definition) is 1. The van der Waals surface area contributed by atoms with Crippen molar-refractivity contribution in [3.63, 3.8) is 0 Å². The van der Waals surface area contributed by atoms with Gasteiger partial charge in [0.2, 0.25) is 5.91 Å². The molecule has 1 amide bonds. The molecular weight excluding hydrogens is 316 g/mol. The van der Waals surface area contributed by atoms with Gasteiger partial charge in [0, 0.05) is 17.5 Å². The van der Waals surface area contributed by atoms with Gasteiger partial charge in [-0.05, 0) is 31.3 Å². The molecule has 0 unspecified atom stereocenters. The predicted molar refractivity (Wildman–Crippen MR) is 103 cm³/mol. The molecule has 3 nitrogen and oxygen atoms in total. The monoisotopic (exact) mass is 350 g/mol. The van der Waals surface area contributed by atoms with Crippen molar-refractivity contribution in [1.29, 1.82) is 0 Å². The molecule has 0 radical (unpaired) electrons. The Hall–Kier alpha value is -0.870. The number of carbonyl (C=O) groups is 1. The number of likely N-dealkylation sites (N-methyl/N-ethyl adjacent to an activating group) is 1. The SMILES string of the molecule is CN(CC(=O)NC1CCCCCCCCCCC1)Cc1cccs1. The Balaban J connectivity index is 1.72. The van der Waals surface area contributed by atoms with E-state index >= 15 is 0 Å². The summed E-state index contributed by atoms with van der Waals surface area (Å²) in [4.78, 5) is 15.8. The lowest BCUT2D eigenvalue weighted by molar-refractivity contribution is -0.122. The molecule has 1 saturated carbocycles. The summed E-state index contributed by atoms with van der Waals surface area (Å²) in [6, 6.07) is 4.58. The lowest BCUT2D eigenvalue weighted by atomic mass is 9.98. The van der Waals surface area contributed by atoms with E-state index in [1.807, 2.05) is 7.05 Å². The van der Waals surface area contributed by atoms with Crippen molar-refractivity contribution in [3.05, 3.63) is 22.4 Å². The smallest absolute Gasteiger partial charge is 0.234 e. The van der Waals surface area contributed by atoms with Crippen molar-refractivity contribution in [2.24, 2.45) is 0 Å². The summed E-state index contributed by atoms with van der Waals surface area (Å²) in [5.41, 5.74) is 0. The van der Waals surface area contributed by atoms with Crippen LogP contribution in [0, 0.1) is 0 Å². The van der Waals surface area contributed by atoms with Crippen LogP contribution in [-0.2, 0) is 11.3 Å². The average molecular weight is 351 g/mol. The van der Waals surface area contributed by atoms with E-state index in [4.69, 9.17) is 0 Å². The lowest BCUT2D eigenvalue weighted by Crippen LogP contribution is -2.40. The maximum Gasteiger partial charge on any atom is 0.234 e.